The molecule has 0 amide bonds. The summed E-state index contributed by atoms with van der Waals surface area (Å²) in [5.41, 5.74) is 0. The summed E-state index contributed by atoms with van der Waals surface area (Å²) in [5, 5.41) is 19.7. The van der Waals surface area contributed by atoms with Crippen molar-refractivity contribution in [1.29, 1.82) is 0 Å². The van der Waals surface area contributed by atoms with Crippen LogP contribution in [0.4, 0.5) is 0 Å². The lowest BCUT2D eigenvalue weighted by molar-refractivity contribution is -0.156. The molecule has 2 aliphatic carbocycles. The van der Waals surface area contributed by atoms with Crippen LogP contribution in [-0.2, 0) is 14.3 Å². The van der Waals surface area contributed by atoms with Gasteiger partial charge in [-0.3, -0.25) is 9.59 Å². The Morgan fingerprint density at radius 1 is 1.32 bits per heavy atom. The van der Waals surface area contributed by atoms with Gasteiger partial charge >= 0.3 is 11.9 Å². The summed E-state index contributed by atoms with van der Waals surface area (Å²) in [5.74, 6) is -2.32. The third-order valence-corrected chi connectivity index (χ3v) is 5.38. The zero-order valence-corrected chi connectivity index (χ0v) is 11.0. The normalized spacial score (nSPS) is 49.2. The first-order valence-corrected chi connectivity index (χ1v) is 7.12. The molecule has 3 aliphatic rings. The highest BCUT2D eigenvalue weighted by Crippen LogP contribution is 2.53. The van der Waals surface area contributed by atoms with E-state index in [2.05, 4.69) is 0 Å². The maximum absolute atomic E-state index is 11.9. The molecule has 0 bridgehead atoms. The largest absolute Gasteiger partial charge is 0.481 e. The first-order chi connectivity index (χ1) is 9.00. The molecular weight excluding hydrogens is 248 g/mol. The maximum Gasteiger partial charge on any atom is 0.309 e. The van der Waals surface area contributed by atoms with E-state index in [-0.39, 0.29) is 35.7 Å². The highest BCUT2D eigenvalue weighted by molar-refractivity contribution is 5.79. The third kappa shape index (κ3) is 1.86. The minimum Gasteiger partial charge on any atom is -0.481 e. The minimum atomic E-state index is -0.844. The lowest BCUT2D eigenvalue weighted by atomic mass is 9.57. The predicted molar refractivity (Wildman–Crippen MR) is 65.1 cm³/mol. The standard InChI is InChI=1S/C14H20O5/c1-6-11-9(14(18)19-6)5-8-7(12(11)13(16)17)3-2-4-10(8)15/h6-12,15H,2-5H2,1H3,(H,16,17)/t6-,7?,8?,9?,10?,11?,12?/m1/s1. The van der Waals surface area contributed by atoms with E-state index in [1.165, 1.54) is 0 Å². The monoisotopic (exact) mass is 268 g/mol. The summed E-state index contributed by atoms with van der Waals surface area (Å²) in [6.45, 7) is 1.79. The maximum atomic E-state index is 11.9. The number of carboxylic acids is 1. The Hall–Kier alpha value is -1.10. The van der Waals surface area contributed by atoms with Crippen LogP contribution in [0.1, 0.15) is 32.6 Å². The van der Waals surface area contributed by atoms with E-state index in [1.807, 2.05) is 0 Å². The van der Waals surface area contributed by atoms with Crippen molar-refractivity contribution >= 4 is 11.9 Å². The van der Waals surface area contributed by atoms with Gasteiger partial charge in [-0.05, 0) is 38.0 Å². The second-order valence-corrected chi connectivity index (χ2v) is 6.25. The fourth-order valence-electron chi connectivity index (χ4n) is 4.61. The number of aliphatic hydroxyl groups excluding tert-OH is 1. The van der Waals surface area contributed by atoms with Gasteiger partial charge in [0.15, 0.2) is 0 Å². The van der Waals surface area contributed by atoms with Crippen molar-refractivity contribution in [3.63, 3.8) is 0 Å². The summed E-state index contributed by atoms with van der Waals surface area (Å²) in [6, 6.07) is 0. The number of aliphatic hydroxyl groups is 1. The van der Waals surface area contributed by atoms with Gasteiger partial charge < -0.3 is 14.9 Å². The molecule has 6 unspecified atom stereocenters. The number of carbonyl (C=O) groups excluding carboxylic acids is 1. The molecule has 0 aromatic carbocycles. The number of aliphatic carboxylic acids is 1. The van der Waals surface area contributed by atoms with Crippen LogP contribution in [0.5, 0.6) is 0 Å². The molecule has 2 saturated carbocycles. The van der Waals surface area contributed by atoms with Crippen LogP contribution < -0.4 is 0 Å². The lowest BCUT2D eigenvalue weighted by Gasteiger charge is -2.46. The fraction of sp³-hybridized carbons (Fsp3) is 0.857. The molecule has 0 aromatic rings. The van der Waals surface area contributed by atoms with E-state index in [0.29, 0.717) is 6.42 Å². The number of rotatable bonds is 1. The number of cyclic esters (lactones) is 1. The van der Waals surface area contributed by atoms with Crippen molar-refractivity contribution in [2.24, 2.45) is 29.6 Å². The molecule has 5 heteroatoms. The Kier molecular flexibility index (Phi) is 3.04. The topological polar surface area (TPSA) is 83.8 Å². The molecule has 0 aromatic heterocycles. The van der Waals surface area contributed by atoms with Gasteiger partial charge in [-0.25, -0.2) is 0 Å². The highest BCUT2D eigenvalue weighted by Gasteiger charge is 2.58. The van der Waals surface area contributed by atoms with Crippen LogP contribution in [0.15, 0.2) is 0 Å². The van der Waals surface area contributed by atoms with Gasteiger partial charge in [0.25, 0.3) is 0 Å². The van der Waals surface area contributed by atoms with Gasteiger partial charge in [-0.1, -0.05) is 6.42 Å². The molecule has 5 nitrogen and oxygen atoms in total. The number of hydrogen-bond acceptors (Lipinski definition) is 4. The zero-order chi connectivity index (χ0) is 13.7. The van der Waals surface area contributed by atoms with Gasteiger partial charge in [0.1, 0.15) is 6.10 Å². The lowest BCUT2D eigenvalue weighted by Crippen LogP contribution is -2.50. The SMILES string of the molecule is C[C@H]1OC(=O)C2CC3C(O)CCCC3C(C(=O)O)C21. The second kappa shape index (κ2) is 4.47. The summed E-state index contributed by atoms with van der Waals surface area (Å²) >= 11 is 0. The Morgan fingerprint density at radius 2 is 2.05 bits per heavy atom. The second-order valence-electron chi connectivity index (χ2n) is 6.25. The molecule has 3 fully saturated rings. The molecule has 2 N–H and O–H groups in total. The quantitative estimate of drug-likeness (QED) is 0.694. The van der Waals surface area contributed by atoms with E-state index in [0.717, 1.165) is 19.3 Å². The van der Waals surface area contributed by atoms with Gasteiger partial charge in [0.05, 0.1) is 17.9 Å². The van der Waals surface area contributed by atoms with Crippen LogP contribution in [0.25, 0.3) is 0 Å². The highest BCUT2D eigenvalue weighted by atomic mass is 16.6. The van der Waals surface area contributed by atoms with Crippen molar-refractivity contribution in [2.45, 2.75) is 44.8 Å². The molecular formula is C14H20O5. The summed E-state index contributed by atoms with van der Waals surface area (Å²) < 4.78 is 5.25. The Morgan fingerprint density at radius 3 is 2.74 bits per heavy atom. The summed E-state index contributed by atoms with van der Waals surface area (Å²) in [6.07, 6.45) is 2.22. The third-order valence-electron chi connectivity index (χ3n) is 5.38. The fourth-order valence-corrected chi connectivity index (χ4v) is 4.61. The Bertz CT molecular complexity index is 407. The molecule has 3 rings (SSSR count). The average Bonchev–Trinajstić information content (AvgIpc) is 2.63. The van der Waals surface area contributed by atoms with E-state index < -0.39 is 18.0 Å². The van der Waals surface area contributed by atoms with Gasteiger partial charge in [-0.2, -0.15) is 0 Å². The first-order valence-electron chi connectivity index (χ1n) is 7.12. The number of hydrogen-bond donors (Lipinski definition) is 2. The Balaban J connectivity index is 1.96. The molecule has 0 radical (unpaired) electrons. The Labute approximate surface area is 111 Å². The van der Waals surface area contributed by atoms with Crippen LogP contribution in [0.2, 0.25) is 0 Å². The van der Waals surface area contributed by atoms with Crippen molar-refractivity contribution in [3.8, 4) is 0 Å². The minimum absolute atomic E-state index is 0.0144. The van der Waals surface area contributed by atoms with Crippen LogP contribution >= 0.6 is 0 Å². The molecule has 7 atom stereocenters. The first kappa shape index (κ1) is 12.9. The molecule has 1 saturated heterocycles. The number of ether oxygens (including phenoxy) is 1. The van der Waals surface area contributed by atoms with E-state index in [4.69, 9.17) is 4.74 Å². The molecule has 19 heavy (non-hydrogen) atoms. The van der Waals surface area contributed by atoms with Gasteiger partial charge in [-0.15, -0.1) is 0 Å². The van der Waals surface area contributed by atoms with E-state index in [1.54, 1.807) is 6.92 Å². The van der Waals surface area contributed by atoms with Crippen molar-refractivity contribution in [2.75, 3.05) is 0 Å². The molecule has 106 valence electrons. The summed E-state index contributed by atoms with van der Waals surface area (Å²) in [4.78, 5) is 23.5. The van der Waals surface area contributed by atoms with E-state index >= 15 is 0 Å². The van der Waals surface area contributed by atoms with E-state index in [9.17, 15) is 19.8 Å². The van der Waals surface area contributed by atoms with Crippen molar-refractivity contribution < 1.29 is 24.5 Å². The van der Waals surface area contributed by atoms with Crippen LogP contribution in [0, 0.1) is 29.6 Å². The van der Waals surface area contributed by atoms with Crippen LogP contribution in [0.3, 0.4) is 0 Å². The van der Waals surface area contributed by atoms with Gasteiger partial charge in [0.2, 0.25) is 0 Å². The van der Waals surface area contributed by atoms with Crippen molar-refractivity contribution in [3.05, 3.63) is 0 Å². The van der Waals surface area contributed by atoms with Crippen LogP contribution in [-0.4, -0.2) is 34.4 Å². The molecule has 0 spiro atoms. The number of esters is 1. The number of fused-ring (bicyclic) bond motifs is 2. The van der Waals surface area contributed by atoms with Crippen molar-refractivity contribution in [1.82, 2.24) is 0 Å². The zero-order valence-electron chi connectivity index (χ0n) is 11.0. The number of carboxylic acid groups (broad SMARTS) is 1. The smallest absolute Gasteiger partial charge is 0.309 e. The molecule has 1 aliphatic heterocycles. The average molecular weight is 268 g/mol. The molecule has 1 heterocycles. The number of carbonyl (C=O) groups is 2. The predicted octanol–water partition coefficient (Wildman–Crippen LogP) is 1.05. The summed E-state index contributed by atoms with van der Waals surface area (Å²) in [7, 11) is 0. The van der Waals surface area contributed by atoms with Gasteiger partial charge in [0, 0.05) is 5.92 Å².